The molecule has 5 rings (SSSR count). The van der Waals surface area contributed by atoms with Gasteiger partial charge in [-0.3, -0.25) is 0 Å². The molecule has 0 fully saturated rings. The van der Waals surface area contributed by atoms with Gasteiger partial charge in [0.1, 0.15) is 0 Å². The van der Waals surface area contributed by atoms with Gasteiger partial charge < -0.3 is 0 Å². The Morgan fingerprint density at radius 3 is 1.58 bits per heavy atom. The van der Waals surface area contributed by atoms with E-state index in [1.165, 1.54) is 50.3 Å². The Morgan fingerprint density at radius 1 is 0.394 bits per heavy atom. The van der Waals surface area contributed by atoms with Crippen LogP contribution >= 0.6 is 0 Å². The van der Waals surface area contributed by atoms with Crippen molar-refractivity contribution in [1.82, 2.24) is 0 Å². The lowest BCUT2D eigenvalue weighted by Gasteiger charge is -2.13. The minimum Gasteiger partial charge on any atom is -0.153 e. The lowest BCUT2D eigenvalue weighted by molar-refractivity contribution is -0.572. The zero-order valence-electron chi connectivity index (χ0n) is 19.4. The fraction of sp³-hybridized carbons (Fsp3) is 0.0938. The highest BCUT2D eigenvalue weighted by atomic mass is 15.0. The predicted molar refractivity (Wildman–Crippen MR) is 138 cm³/mol. The molecule has 0 saturated heterocycles. The van der Waals surface area contributed by atoms with Crippen molar-refractivity contribution in [1.29, 1.82) is 0 Å². The summed E-state index contributed by atoms with van der Waals surface area (Å²) >= 11 is 0. The van der Waals surface area contributed by atoms with Crippen molar-refractivity contribution in [3.05, 3.63) is 132 Å². The maximum Gasteiger partial charge on any atom is 0.219 e. The largest absolute Gasteiger partial charge is 0.219 e. The molecule has 4 aromatic carbocycles. The van der Waals surface area contributed by atoms with E-state index >= 15 is 0 Å². The number of hydrogen-bond acceptors (Lipinski definition) is 0. The van der Waals surface area contributed by atoms with Gasteiger partial charge in [-0.15, -0.1) is 0 Å². The van der Waals surface area contributed by atoms with Gasteiger partial charge in [0, 0.05) is 35.4 Å². The molecule has 33 heavy (non-hydrogen) atoms. The number of aromatic nitrogens is 1. The van der Waals surface area contributed by atoms with Crippen LogP contribution in [0.2, 0.25) is 0 Å². The maximum atomic E-state index is 2.39. The molecule has 0 aliphatic heterocycles. The maximum absolute atomic E-state index is 2.39. The Labute approximate surface area is 196 Å². The second kappa shape index (κ2) is 8.88. The van der Waals surface area contributed by atoms with Crippen molar-refractivity contribution >= 4 is 0 Å². The number of para-hydroxylation sites is 1. The zero-order chi connectivity index (χ0) is 22.8. The minimum absolute atomic E-state index is 1.15. The topological polar surface area (TPSA) is 3.88 Å². The number of pyridine rings is 1. The fourth-order valence-electron chi connectivity index (χ4n) is 4.32. The summed E-state index contributed by atoms with van der Waals surface area (Å²) in [7, 11) is 0. The van der Waals surface area contributed by atoms with Crippen LogP contribution in [0.1, 0.15) is 16.7 Å². The lowest BCUT2D eigenvalue weighted by Crippen LogP contribution is -2.36. The van der Waals surface area contributed by atoms with Crippen LogP contribution in [0.4, 0.5) is 0 Å². The quantitative estimate of drug-likeness (QED) is 0.257. The molecule has 0 bridgehead atoms. The van der Waals surface area contributed by atoms with Crippen LogP contribution < -0.4 is 4.57 Å². The Bertz CT molecular complexity index is 1400. The van der Waals surface area contributed by atoms with E-state index in [-0.39, 0.29) is 0 Å². The standard InChI is InChI=1S/C32H28N/c1-23-12-16-26(17-13-23)29-21-31(27-18-14-24(2)15-19-27)33(30-10-5-4-6-11-30)32(22-29)28-9-7-8-25(3)20-28/h4-22H,1-3H3/q+1. The van der Waals surface area contributed by atoms with Crippen molar-refractivity contribution in [2.24, 2.45) is 0 Å². The number of rotatable bonds is 4. The summed E-state index contributed by atoms with van der Waals surface area (Å²) in [5.74, 6) is 0. The molecule has 5 aromatic rings. The average molecular weight is 427 g/mol. The van der Waals surface area contributed by atoms with Gasteiger partial charge in [-0.25, -0.2) is 0 Å². The zero-order valence-corrected chi connectivity index (χ0v) is 19.4. The molecule has 0 atom stereocenters. The Kier molecular flexibility index (Phi) is 5.62. The molecule has 1 heterocycles. The van der Waals surface area contributed by atoms with Crippen LogP contribution in [-0.2, 0) is 0 Å². The molecule has 160 valence electrons. The summed E-state index contributed by atoms with van der Waals surface area (Å²) in [6.07, 6.45) is 0. The highest BCUT2D eigenvalue weighted by Crippen LogP contribution is 2.31. The van der Waals surface area contributed by atoms with Gasteiger partial charge in [-0.05, 0) is 56.2 Å². The summed E-state index contributed by atoms with van der Waals surface area (Å²) in [5.41, 5.74) is 12.1. The molecule has 0 N–H and O–H groups in total. The number of nitrogens with zero attached hydrogens (tertiary/aromatic N) is 1. The van der Waals surface area contributed by atoms with E-state index in [0.29, 0.717) is 0 Å². The molecule has 1 nitrogen and oxygen atoms in total. The molecule has 0 radical (unpaired) electrons. The molecule has 0 unspecified atom stereocenters. The highest BCUT2D eigenvalue weighted by Gasteiger charge is 2.24. The Hall–Kier alpha value is -3.97. The first-order valence-corrected chi connectivity index (χ1v) is 11.5. The third-order valence-corrected chi connectivity index (χ3v) is 6.13. The first-order valence-electron chi connectivity index (χ1n) is 11.5. The van der Waals surface area contributed by atoms with Crippen molar-refractivity contribution in [3.8, 4) is 39.3 Å². The van der Waals surface area contributed by atoms with Gasteiger partial charge in [-0.2, -0.15) is 4.57 Å². The number of hydrogen-bond donors (Lipinski definition) is 0. The summed E-state index contributed by atoms with van der Waals surface area (Å²) < 4.78 is 2.39. The van der Waals surface area contributed by atoms with Gasteiger partial charge in [0.25, 0.3) is 0 Å². The van der Waals surface area contributed by atoms with Gasteiger partial charge >= 0.3 is 0 Å². The molecule has 0 spiro atoms. The molecule has 0 aliphatic rings. The highest BCUT2D eigenvalue weighted by molar-refractivity contribution is 5.74. The Balaban J connectivity index is 1.87. The van der Waals surface area contributed by atoms with Crippen molar-refractivity contribution in [2.75, 3.05) is 0 Å². The second-order valence-electron chi connectivity index (χ2n) is 8.79. The van der Waals surface area contributed by atoms with E-state index in [0.717, 1.165) is 5.69 Å². The molecule has 1 heteroatoms. The van der Waals surface area contributed by atoms with Crippen LogP contribution in [0.3, 0.4) is 0 Å². The van der Waals surface area contributed by atoms with Crippen molar-refractivity contribution in [2.45, 2.75) is 20.8 Å². The van der Waals surface area contributed by atoms with Crippen LogP contribution in [0, 0.1) is 20.8 Å². The van der Waals surface area contributed by atoms with Crippen LogP contribution in [0.25, 0.3) is 39.3 Å². The molecule has 1 aromatic heterocycles. The van der Waals surface area contributed by atoms with Crippen LogP contribution in [0.5, 0.6) is 0 Å². The average Bonchev–Trinajstić information content (AvgIpc) is 2.85. The molecular weight excluding hydrogens is 398 g/mol. The van der Waals surface area contributed by atoms with Crippen LogP contribution in [0.15, 0.2) is 115 Å². The predicted octanol–water partition coefficient (Wildman–Crippen LogP) is 7.89. The molecular formula is C32H28N+. The smallest absolute Gasteiger partial charge is 0.153 e. The van der Waals surface area contributed by atoms with Crippen molar-refractivity contribution in [3.63, 3.8) is 0 Å². The van der Waals surface area contributed by atoms with E-state index in [9.17, 15) is 0 Å². The van der Waals surface area contributed by atoms with Crippen molar-refractivity contribution < 1.29 is 4.57 Å². The third-order valence-electron chi connectivity index (χ3n) is 6.13. The van der Waals surface area contributed by atoms with E-state index in [4.69, 9.17) is 0 Å². The second-order valence-corrected chi connectivity index (χ2v) is 8.79. The first-order chi connectivity index (χ1) is 16.1. The van der Waals surface area contributed by atoms with Crippen LogP contribution in [-0.4, -0.2) is 0 Å². The molecule has 0 saturated carbocycles. The SMILES string of the molecule is Cc1ccc(-c2cc(-c3ccc(C)cc3)[n+](-c3ccccc3)c(-c3cccc(C)c3)c2)cc1. The lowest BCUT2D eigenvalue weighted by atomic mass is 9.97. The minimum atomic E-state index is 1.15. The van der Waals surface area contributed by atoms with Gasteiger partial charge in [0.15, 0.2) is 0 Å². The monoisotopic (exact) mass is 426 g/mol. The number of benzene rings is 4. The first kappa shape index (κ1) is 20.9. The normalized spacial score (nSPS) is 10.9. The summed E-state index contributed by atoms with van der Waals surface area (Å²) in [6, 6.07) is 41.7. The van der Waals surface area contributed by atoms with E-state index in [2.05, 4.69) is 141 Å². The van der Waals surface area contributed by atoms with E-state index < -0.39 is 0 Å². The molecule has 0 aliphatic carbocycles. The number of aryl methyl sites for hydroxylation is 3. The van der Waals surface area contributed by atoms with E-state index in [1.807, 2.05) is 0 Å². The van der Waals surface area contributed by atoms with E-state index in [1.54, 1.807) is 0 Å². The molecule has 0 amide bonds. The summed E-state index contributed by atoms with van der Waals surface area (Å²) in [4.78, 5) is 0. The van der Waals surface area contributed by atoms with Gasteiger partial charge in [-0.1, -0.05) is 83.4 Å². The summed E-state index contributed by atoms with van der Waals surface area (Å²) in [6.45, 7) is 6.42. The van der Waals surface area contributed by atoms with Gasteiger partial charge in [0.05, 0.1) is 0 Å². The third kappa shape index (κ3) is 4.36. The Morgan fingerprint density at radius 2 is 0.970 bits per heavy atom. The fourth-order valence-corrected chi connectivity index (χ4v) is 4.32. The summed E-state index contributed by atoms with van der Waals surface area (Å²) in [5, 5.41) is 0. The van der Waals surface area contributed by atoms with Gasteiger partial charge in [0.2, 0.25) is 17.1 Å².